The van der Waals surface area contributed by atoms with Gasteiger partial charge in [-0.05, 0) is 46.3 Å². The molecule has 0 radical (unpaired) electrons. The van der Waals surface area contributed by atoms with Crippen molar-refractivity contribution in [1.29, 1.82) is 0 Å². The highest BCUT2D eigenvalue weighted by atomic mass is 79.9. The lowest BCUT2D eigenvalue weighted by atomic mass is 10.3. The van der Waals surface area contributed by atoms with Crippen molar-refractivity contribution in [2.75, 3.05) is 12.4 Å². The van der Waals surface area contributed by atoms with E-state index in [-0.39, 0.29) is 0 Å². The molecule has 72 valence electrons. The molecule has 13 heavy (non-hydrogen) atoms. The predicted molar refractivity (Wildman–Crippen MR) is 63.1 cm³/mol. The van der Waals surface area contributed by atoms with Crippen LogP contribution in [0.2, 0.25) is 5.02 Å². The maximum atomic E-state index is 5.78. The maximum absolute atomic E-state index is 5.78. The van der Waals surface area contributed by atoms with Crippen LogP contribution in [-0.4, -0.2) is 12.4 Å². The Hall–Kier alpha value is 0.140. The minimum atomic E-state index is 0.684. The second kappa shape index (κ2) is 5.78. The van der Waals surface area contributed by atoms with Gasteiger partial charge in [-0.25, -0.2) is 0 Å². The summed E-state index contributed by atoms with van der Waals surface area (Å²) in [6, 6.07) is 5.48. The quantitative estimate of drug-likeness (QED) is 0.652. The van der Waals surface area contributed by atoms with E-state index in [1.54, 1.807) is 0 Å². The lowest BCUT2D eigenvalue weighted by molar-refractivity contribution is 0.317. The normalized spacial score (nSPS) is 10.1. The number of rotatable bonds is 4. The molecule has 0 atom stereocenters. The fourth-order valence-corrected chi connectivity index (χ4v) is 1.77. The molecule has 0 saturated heterocycles. The van der Waals surface area contributed by atoms with E-state index in [4.69, 9.17) is 16.3 Å². The van der Waals surface area contributed by atoms with Gasteiger partial charge in [0.25, 0.3) is 0 Å². The summed E-state index contributed by atoms with van der Waals surface area (Å²) in [5.41, 5.74) is 0. The number of hydrogen-bond acceptors (Lipinski definition) is 2. The zero-order valence-corrected chi connectivity index (χ0v) is 10.2. The van der Waals surface area contributed by atoms with Gasteiger partial charge < -0.3 is 4.74 Å². The predicted octanol–water partition coefficient (Wildman–Crippen LogP) is 3.80. The van der Waals surface area contributed by atoms with Gasteiger partial charge in [-0.15, -0.1) is 0 Å². The van der Waals surface area contributed by atoms with Gasteiger partial charge in [0.05, 0.1) is 11.1 Å². The van der Waals surface area contributed by atoms with Crippen molar-refractivity contribution in [3.8, 4) is 5.75 Å². The maximum Gasteiger partial charge on any atom is 0.133 e. The van der Waals surface area contributed by atoms with Crippen molar-refractivity contribution in [2.45, 2.75) is 6.42 Å². The van der Waals surface area contributed by atoms with Crippen LogP contribution < -0.4 is 4.74 Å². The smallest absolute Gasteiger partial charge is 0.133 e. The van der Waals surface area contributed by atoms with Crippen LogP contribution in [0.25, 0.3) is 0 Å². The Bertz CT molecular complexity index is 280. The Morgan fingerprint density at radius 3 is 2.85 bits per heavy atom. The van der Waals surface area contributed by atoms with Gasteiger partial charge >= 0.3 is 0 Å². The molecule has 0 aromatic heterocycles. The molecule has 0 fully saturated rings. The Morgan fingerprint density at radius 1 is 1.46 bits per heavy atom. The van der Waals surface area contributed by atoms with E-state index in [2.05, 4.69) is 28.6 Å². The molecule has 0 bridgehead atoms. The summed E-state index contributed by atoms with van der Waals surface area (Å²) >= 11 is 13.2. The van der Waals surface area contributed by atoms with E-state index in [1.165, 1.54) is 0 Å². The van der Waals surface area contributed by atoms with Crippen LogP contribution in [0, 0.1) is 0 Å². The minimum Gasteiger partial charge on any atom is -0.492 e. The molecule has 0 amide bonds. The van der Waals surface area contributed by atoms with E-state index in [1.807, 2.05) is 18.2 Å². The Labute approximate surface area is 97.0 Å². The molecule has 1 aromatic carbocycles. The van der Waals surface area contributed by atoms with Gasteiger partial charge in [0, 0.05) is 5.02 Å². The van der Waals surface area contributed by atoms with Crippen LogP contribution >= 0.6 is 40.2 Å². The molecular weight excluding hydrogens is 272 g/mol. The van der Waals surface area contributed by atoms with Crippen molar-refractivity contribution in [2.24, 2.45) is 0 Å². The van der Waals surface area contributed by atoms with Crippen LogP contribution in [0.1, 0.15) is 6.42 Å². The number of halogens is 2. The van der Waals surface area contributed by atoms with E-state index >= 15 is 0 Å². The van der Waals surface area contributed by atoms with Crippen molar-refractivity contribution in [3.63, 3.8) is 0 Å². The Kier molecular flexibility index (Phi) is 4.99. The first-order valence-corrected chi connectivity index (χ1v) is 5.73. The summed E-state index contributed by atoms with van der Waals surface area (Å²) in [7, 11) is 0. The molecule has 0 unspecified atom stereocenters. The summed E-state index contributed by atoms with van der Waals surface area (Å²) < 4.78 is 6.37. The van der Waals surface area contributed by atoms with Gasteiger partial charge in [0.2, 0.25) is 0 Å². The van der Waals surface area contributed by atoms with Gasteiger partial charge in [0.15, 0.2) is 0 Å². The first-order chi connectivity index (χ1) is 6.24. The molecule has 0 heterocycles. The first kappa shape index (κ1) is 11.2. The lowest BCUT2D eigenvalue weighted by Gasteiger charge is -2.06. The zero-order chi connectivity index (χ0) is 9.68. The number of ether oxygens (including phenoxy) is 1. The van der Waals surface area contributed by atoms with Crippen molar-refractivity contribution in [3.05, 3.63) is 27.7 Å². The summed E-state index contributed by atoms with van der Waals surface area (Å²) in [6.07, 6.45) is 0.943. The Balaban J connectivity index is 2.56. The van der Waals surface area contributed by atoms with E-state index in [0.29, 0.717) is 11.6 Å². The molecule has 4 heteroatoms. The molecule has 0 aliphatic heterocycles. The highest BCUT2D eigenvalue weighted by molar-refractivity contribution is 9.10. The van der Waals surface area contributed by atoms with Crippen molar-refractivity contribution < 1.29 is 4.74 Å². The molecule has 0 aliphatic carbocycles. The average molecular weight is 282 g/mol. The highest BCUT2D eigenvalue weighted by Gasteiger charge is 2.00. The average Bonchev–Trinajstić information content (AvgIpc) is 2.09. The van der Waals surface area contributed by atoms with Crippen LogP contribution in [0.5, 0.6) is 5.75 Å². The van der Waals surface area contributed by atoms with Crippen LogP contribution in [0.3, 0.4) is 0 Å². The molecular formula is C9H10BrClOS. The second-order valence-electron chi connectivity index (χ2n) is 2.50. The molecule has 1 rings (SSSR count). The minimum absolute atomic E-state index is 0.684. The van der Waals surface area contributed by atoms with Gasteiger partial charge in [0.1, 0.15) is 5.75 Å². The summed E-state index contributed by atoms with van der Waals surface area (Å²) in [5.74, 6) is 1.66. The molecule has 0 spiro atoms. The van der Waals surface area contributed by atoms with Gasteiger partial charge in [-0.1, -0.05) is 11.6 Å². The van der Waals surface area contributed by atoms with Crippen LogP contribution in [0.15, 0.2) is 22.7 Å². The second-order valence-corrected chi connectivity index (χ2v) is 4.24. The first-order valence-electron chi connectivity index (χ1n) is 3.93. The van der Waals surface area contributed by atoms with Gasteiger partial charge in [-0.3, -0.25) is 0 Å². The molecule has 0 aliphatic rings. The topological polar surface area (TPSA) is 9.23 Å². The molecule has 0 N–H and O–H groups in total. The Morgan fingerprint density at radius 2 is 2.23 bits per heavy atom. The number of hydrogen-bond donors (Lipinski definition) is 1. The van der Waals surface area contributed by atoms with E-state index < -0.39 is 0 Å². The monoisotopic (exact) mass is 280 g/mol. The van der Waals surface area contributed by atoms with Crippen LogP contribution in [0.4, 0.5) is 0 Å². The fraction of sp³-hybridized carbons (Fsp3) is 0.333. The van der Waals surface area contributed by atoms with E-state index in [9.17, 15) is 0 Å². The van der Waals surface area contributed by atoms with E-state index in [0.717, 1.165) is 22.4 Å². The molecule has 1 aromatic rings. The third-order valence-electron chi connectivity index (χ3n) is 1.45. The molecule has 0 saturated carbocycles. The molecule has 1 nitrogen and oxygen atoms in total. The largest absolute Gasteiger partial charge is 0.492 e. The van der Waals surface area contributed by atoms with Crippen molar-refractivity contribution in [1.82, 2.24) is 0 Å². The fourth-order valence-electron chi connectivity index (χ4n) is 0.839. The third-order valence-corrected chi connectivity index (χ3v) is 2.62. The van der Waals surface area contributed by atoms with Gasteiger partial charge in [-0.2, -0.15) is 12.6 Å². The lowest BCUT2D eigenvalue weighted by Crippen LogP contribution is -1.98. The summed E-state index contributed by atoms with van der Waals surface area (Å²) in [6.45, 7) is 0.684. The zero-order valence-electron chi connectivity index (χ0n) is 6.96. The number of benzene rings is 1. The third kappa shape index (κ3) is 3.79. The number of thiol groups is 1. The summed E-state index contributed by atoms with van der Waals surface area (Å²) in [5, 5.41) is 0.702. The summed E-state index contributed by atoms with van der Waals surface area (Å²) in [4.78, 5) is 0. The SMILES string of the molecule is SCCCOc1ccc(Cl)cc1Br. The van der Waals surface area contributed by atoms with Crippen molar-refractivity contribution >= 4 is 40.2 Å². The van der Waals surface area contributed by atoms with Crippen LogP contribution in [-0.2, 0) is 0 Å². The standard InChI is InChI=1S/C9H10BrClOS/c10-8-6-7(11)2-3-9(8)12-4-1-5-13/h2-3,6,13H,1,4-5H2. The highest BCUT2D eigenvalue weighted by Crippen LogP contribution is 2.27.